The van der Waals surface area contributed by atoms with Gasteiger partial charge in [0.1, 0.15) is 0 Å². The molecule has 1 saturated heterocycles. The fourth-order valence-electron chi connectivity index (χ4n) is 5.58. The van der Waals surface area contributed by atoms with Gasteiger partial charge in [-0.2, -0.15) is 0 Å². The van der Waals surface area contributed by atoms with Gasteiger partial charge in [0.25, 0.3) is 5.56 Å². The zero-order valence-electron chi connectivity index (χ0n) is 18.1. The summed E-state index contributed by atoms with van der Waals surface area (Å²) in [5, 5.41) is 1.91. The van der Waals surface area contributed by atoms with Crippen LogP contribution in [0.2, 0.25) is 5.02 Å². The Morgan fingerprint density at radius 3 is 2.78 bits per heavy atom. The van der Waals surface area contributed by atoms with Crippen LogP contribution in [0.15, 0.2) is 59.7 Å². The molecule has 0 spiro atoms. The van der Waals surface area contributed by atoms with Crippen molar-refractivity contribution < 1.29 is 0 Å². The summed E-state index contributed by atoms with van der Waals surface area (Å²) < 4.78 is 4.07. The van der Waals surface area contributed by atoms with Gasteiger partial charge < -0.3 is 4.57 Å². The third-order valence-corrected chi connectivity index (χ3v) is 7.36. The lowest BCUT2D eigenvalue weighted by molar-refractivity contribution is 0.133. The predicted octanol–water partition coefficient (Wildman–Crippen LogP) is 5.13. The van der Waals surface area contributed by atoms with E-state index in [9.17, 15) is 4.79 Å². The second kappa shape index (κ2) is 7.61. The van der Waals surface area contributed by atoms with Gasteiger partial charge in [0.15, 0.2) is 0 Å². The maximum absolute atomic E-state index is 13.0. The molecule has 2 aliphatic rings. The second-order valence-electron chi connectivity index (χ2n) is 8.91. The molecular formula is C26H25ClN4O. The van der Waals surface area contributed by atoms with Crippen molar-refractivity contribution >= 4 is 22.5 Å². The number of hydrogen-bond acceptors (Lipinski definition) is 3. The lowest BCUT2D eigenvalue weighted by atomic mass is 9.91. The molecule has 162 valence electrons. The number of pyridine rings is 2. The van der Waals surface area contributed by atoms with Crippen molar-refractivity contribution in [3.05, 3.63) is 81.5 Å². The van der Waals surface area contributed by atoms with E-state index in [2.05, 4.69) is 39.7 Å². The largest absolute Gasteiger partial charge is 0.346 e. The first kappa shape index (κ1) is 19.8. The molecule has 0 saturated carbocycles. The van der Waals surface area contributed by atoms with E-state index in [1.165, 1.54) is 48.0 Å². The van der Waals surface area contributed by atoms with E-state index in [-0.39, 0.29) is 5.56 Å². The van der Waals surface area contributed by atoms with Crippen LogP contribution in [0.3, 0.4) is 0 Å². The maximum Gasteiger partial charge on any atom is 0.255 e. The van der Waals surface area contributed by atoms with E-state index in [4.69, 9.17) is 11.6 Å². The first-order valence-corrected chi connectivity index (χ1v) is 11.7. The lowest BCUT2D eigenvalue weighted by Gasteiger charge is -2.40. The number of piperidine rings is 1. The molecule has 0 N–H and O–H groups in total. The number of hydrogen-bond donors (Lipinski definition) is 0. The van der Waals surface area contributed by atoms with Gasteiger partial charge in [0.05, 0.1) is 28.0 Å². The molecule has 1 aromatic carbocycles. The van der Waals surface area contributed by atoms with E-state index < -0.39 is 0 Å². The van der Waals surface area contributed by atoms with Gasteiger partial charge >= 0.3 is 0 Å². The molecule has 1 fully saturated rings. The second-order valence-corrected chi connectivity index (χ2v) is 9.34. The van der Waals surface area contributed by atoms with Crippen LogP contribution >= 0.6 is 11.6 Å². The van der Waals surface area contributed by atoms with Gasteiger partial charge in [-0.05, 0) is 61.7 Å². The average molecular weight is 445 g/mol. The van der Waals surface area contributed by atoms with E-state index in [1.807, 2.05) is 18.3 Å². The van der Waals surface area contributed by atoms with Crippen molar-refractivity contribution in [2.75, 3.05) is 13.1 Å². The molecule has 4 aromatic rings. The summed E-state index contributed by atoms with van der Waals surface area (Å²) in [6.07, 6.45) is 8.39. The van der Waals surface area contributed by atoms with Gasteiger partial charge in [-0.25, -0.2) is 0 Å². The van der Waals surface area contributed by atoms with Gasteiger partial charge in [-0.1, -0.05) is 24.1 Å². The van der Waals surface area contributed by atoms with Crippen LogP contribution in [-0.4, -0.2) is 32.1 Å². The lowest BCUT2D eigenvalue weighted by Crippen LogP contribution is -2.39. The Bertz CT molecular complexity index is 1390. The van der Waals surface area contributed by atoms with Crippen LogP contribution in [0, 0.1) is 0 Å². The molecule has 2 aliphatic heterocycles. The van der Waals surface area contributed by atoms with Crippen molar-refractivity contribution in [1.29, 1.82) is 0 Å². The molecule has 0 bridgehead atoms. The summed E-state index contributed by atoms with van der Waals surface area (Å²) in [6.45, 7) is 2.36. The SMILES string of the molecule is Cn1c2c(c3ccc(-n4ccc(-c5ccc(Cl)cn5)cc4=O)cc31)CCN1CCCCC21. The minimum Gasteiger partial charge on any atom is -0.346 e. The van der Waals surface area contributed by atoms with Crippen LogP contribution in [-0.2, 0) is 13.5 Å². The summed E-state index contributed by atoms with van der Waals surface area (Å²) in [6, 6.07) is 14.1. The fourth-order valence-corrected chi connectivity index (χ4v) is 5.69. The smallest absolute Gasteiger partial charge is 0.255 e. The highest BCUT2D eigenvalue weighted by atomic mass is 35.5. The van der Waals surface area contributed by atoms with Gasteiger partial charge in [-0.3, -0.25) is 19.2 Å². The highest BCUT2D eigenvalue weighted by Gasteiger charge is 2.33. The number of aryl methyl sites for hydroxylation is 1. The number of halogens is 1. The van der Waals surface area contributed by atoms with E-state index in [1.54, 1.807) is 22.9 Å². The monoisotopic (exact) mass is 444 g/mol. The summed E-state index contributed by atoms with van der Waals surface area (Å²) in [5.74, 6) is 0. The van der Waals surface area contributed by atoms with Crippen LogP contribution < -0.4 is 5.56 Å². The first-order chi connectivity index (χ1) is 15.6. The van der Waals surface area contributed by atoms with Crippen molar-refractivity contribution in [3.8, 4) is 16.9 Å². The molecule has 0 amide bonds. The van der Waals surface area contributed by atoms with Crippen molar-refractivity contribution in [1.82, 2.24) is 19.0 Å². The highest BCUT2D eigenvalue weighted by Crippen LogP contribution is 2.41. The van der Waals surface area contributed by atoms with Gasteiger partial charge in [0, 0.05) is 48.7 Å². The molecule has 1 atom stereocenters. The standard InChI is InChI=1S/C26H25ClN4O/c1-29-24-15-19(31-13-9-17(14-25(31)32)22-8-5-18(27)16-28-22)6-7-20(24)21-10-12-30-11-3-2-4-23(30)26(21)29/h5-9,13-16,23H,2-4,10-12H2,1H3. The third-order valence-electron chi connectivity index (χ3n) is 7.14. The molecule has 0 radical (unpaired) electrons. The Hall–Kier alpha value is -2.89. The Morgan fingerprint density at radius 2 is 1.97 bits per heavy atom. The Balaban J connectivity index is 1.42. The number of aromatic nitrogens is 3. The Kier molecular flexibility index (Phi) is 4.70. The first-order valence-electron chi connectivity index (χ1n) is 11.3. The van der Waals surface area contributed by atoms with Gasteiger partial charge in [-0.15, -0.1) is 0 Å². The zero-order chi connectivity index (χ0) is 21.8. The number of benzene rings is 1. The number of rotatable bonds is 2. The Labute approximate surface area is 191 Å². The Morgan fingerprint density at radius 1 is 1.06 bits per heavy atom. The molecule has 1 unspecified atom stereocenters. The molecule has 6 rings (SSSR count). The van der Waals surface area contributed by atoms with Crippen molar-refractivity contribution in [2.24, 2.45) is 7.05 Å². The third kappa shape index (κ3) is 3.11. The normalized spacial score (nSPS) is 18.5. The predicted molar refractivity (Wildman–Crippen MR) is 129 cm³/mol. The molecule has 5 heterocycles. The fraction of sp³-hybridized carbons (Fsp3) is 0.308. The van der Waals surface area contributed by atoms with E-state index in [0.29, 0.717) is 11.1 Å². The quantitative estimate of drug-likeness (QED) is 0.430. The van der Waals surface area contributed by atoms with Crippen LogP contribution in [0.1, 0.15) is 36.6 Å². The molecule has 0 aliphatic carbocycles. The van der Waals surface area contributed by atoms with Gasteiger partial charge in [0.2, 0.25) is 0 Å². The summed E-state index contributed by atoms with van der Waals surface area (Å²) in [7, 11) is 2.18. The van der Waals surface area contributed by atoms with Crippen LogP contribution in [0.25, 0.3) is 27.8 Å². The molecule has 5 nitrogen and oxygen atoms in total. The van der Waals surface area contributed by atoms with Crippen LogP contribution in [0.4, 0.5) is 0 Å². The molecule has 6 heteroatoms. The van der Waals surface area contributed by atoms with E-state index in [0.717, 1.165) is 29.9 Å². The summed E-state index contributed by atoms with van der Waals surface area (Å²) >= 11 is 5.94. The highest BCUT2D eigenvalue weighted by molar-refractivity contribution is 6.30. The summed E-state index contributed by atoms with van der Waals surface area (Å²) in [4.78, 5) is 20.0. The van der Waals surface area contributed by atoms with Crippen LogP contribution in [0.5, 0.6) is 0 Å². The summed E-state index contributed by atoms with van der Waals surface area (Å²) in [5.41, 5.74) is 6.51. The van der Waals surface area contributed by atoms with E-state index >= 15 is 0 Å². The minimum atomic E-state index is -0.0731. The number of fused-ring (bicyclic) bond motifs is 5. The topological polar surface area (TPSA) is 43.1 Å². The average Bonchev–Trinajstić information content (AvgIpc) is 3.11. The zero-order valence-corrected chi connectivity index (χ0v) is 18.8. The molecule has 32 heavy (non-hydrogen) atoms. The minimum absolute atomic E-state index is 0.0731. The number of nitrogens with zero attached hydrogens (tertiary/aromatic N) is 4. The van der Waals surface area contributed by atoms with Crippen molar-refractivity contribution in [3.63, 3.8) is 0 Å². The molecule has 3 aromatic heterocycles. The maximum atomic E-state index is 13.0. The van der Waals surface area contributed by atoms with Crippen molar-refractivity contribution in [2.45, 2.75) is 31.7 Å². The molecular weight excluding hydrogens is 420 g/mol.